The molecule has 9 heteroatoms. The van der Waals surface area contributed by atoms with Crippen LogP contribution < -0.4 is 5.32 Å². The van der Waals surface area contributed by atoms with E-state index in [2.05, 4.69) is 10.3 Å². The van der Waals surface area contributed by atoms with Crippen molar-refractivity contribution >= 4 is 43.2 Å². The molecule has 2 heterocycles. The molecule has 1 unspecified atom stereocenters. The van der Waals surface area contributed by atoms with Gasteiger partial charge in [-0.05, 0) is 55.3 Å². The van der Waals surface area contributed by atoms with Crippen molar-refractivity contribution in [1.82, 2.24) is 9.29 Å². The first-order valence-corrected chi connectivity index (χ1v) is 11.6. The van der Waals surface area contributed by atoms with Crippen LogP contribution >= 0.6 is 11.3 Å². The average Bonchev–Trinajstić information content (AvgIpc) is 3.39. The maximum absolute atomic E-state index is 12.8. The van der Waals surface area contributed by atoms with Crippen LogP contribution in [0.5, 0.6) is 0 Å². The number of carbonyl (C=O) groups excluding carboxylic acids is 1. The molecule has 1 aliphatic rings. The summed E-state index contributed by atoms with van der Waals surface area (Å²) in [6, 6.07) is 11.5. The Labute approximate surface area is 173 Å². The number of likely N-dealkylation sites (N-methyl/N-ethyl adjacent to an activating group) is 1. The van der Waals surface area contributed by atoms with Gasteiger partial charge in [0.05, 0.1) is 26.7 Å². The van der Waals surface area contributed by atoms with Gasteiger partial charge in [0.25, 0.3) is 5.91 Å². The van der Waals surface area contributed by atoms with Gasteiger partial charge in [-0.1, -0.05) is 0 Å². The van der Waals surface area contributed by atoms with E-state index in [1.165, 1.54) is 39.9 Å². The highest BCUT2D eigenvalue weighted by Crippen LogP contribution is 2.23. The SMILES string of the molecule is CN(CC1CCCO1)S(=O)(=O)c1ccc(C(=O)Nc2ccc3scnc3c2)cc1. The molecule has 1 fully saturated rings. The number of hydrogen-bond acceptors (Lipinski definition) is 6. The molecule has 3 aromatic rings. The van der Waals surface area contributed by atoms with Gasteiger partial charge in [-0.15, -0.1) is 11.3 Å². The molecule has 2 aromatic carbocycles. The maximum Gasteiger partial charge on any atom is 0.255 e. The van der Waals surface area contributed by atoms with Crippen LogP contribution in [0, 0.1) is 0 Å². The largest absolute Gasteiger partial charge is 0.377 e. The quantitative estimate of drug-likeness (QED) is 0.647. The highest BCUT2D eigenvalue weighted by atomic mass is 32.2. The summed E-state index contributed by atoms with van der Waals surface area (Å²) in [6.45, 7) is 1.00. The second-order valence-corrected chi connectivity index (χ2v) is 9.87. The molecule has 7 nitrogen and oxygen atoms in total. The number of nitrogens with zero attached hydrogens (tertiary/aromatic N) is 2. The Bertz CT molecular complexity index is 1120. The third-order valence-electron chi connectivity index (χ3n) is 4.90. The summed E-state index contributed by atoms with van der Waals surface area (Å²) in [5, 5.41) is 2.82. The van der Waals surface area contributed by atoms with E-state index in [1.807, 2.05) is 18.2 Å². The lowest BCUT2D eigenvalue weighted by Gasteiger charge is -2.20. The van der Waals surface area contributed by atoms with Crippen LogP contribution in [-0.2, 0) is 14.8 Å². The Morgan fingerprint density at radius 2 is 2.07 bits per heavy atom. The lowest BCUT2D eigenvalue weighted by Crippen LogP contribution is -2.34. The van der Waals surface area contributed by atoms with Crippen molar-refractivity contribution in [2.24, 2.45) is 0 Å². The van der Waals surface area contributed by atoms with E-state index >= 15 is 0 Å². The molecule has 0 radical (unpaired) electrons. The molecule has 0 aliphatic carbocycles. The number of nitrogens with one attached hydrogen (secondary N) is 1. The predicted molar refractivity (Wildman–Crippen MR) is 113 cm³/mol. The summed E-state index contributed by atoms with van der Waals surface area (Å²) in [4.78, 5) is 16.9. The summed E-state index contributed by atoms with van der Waals surface area (Å²) in [7, 11) is -2.08. The molecule has 1 N–H and O–H groups in total. The molecule has 152 valence electrons. The van der Waals surface area contributed by atoms with Gasteiger partial charge in [0.2, 0.25) is 10.0 Å². The van der Waals surface area contributed by atoms with E-state index in [9.17, 15) is 13.2 Å². The molecule has 0 bridgehead atoms. The molecule has 1 amide bonds. The number of carbonyl (C=O) groups is 1. The van der Waals surface area contributed by atoms with Gasteiger partial charge < -0.3 is 10.1 Å². The predicted octanol–water partition coefficient (Wildman–Crippen LogP) is 3.35. The zero-order chi connectivity index (χ0) is 20.4. The highest BCUT2D eigenvalue weighted by molar-refractivity contribution is 7.89. The maximum atomic E-state index is 12.8. The fraction of sp³-hybridized carbons (Fsp3) is 0.300. The third-order valence-corrected chi connectivity index (χ3v) is 7.55. The fourth-order valence-electron chi connectivity index (χ4n) is 3.27. The van der Waals surface area contributed by atoms with E-state index < -0.39 is 10.0 Å². The van der Waals surface area contributed by atoms with Crippen molar-refractivity contribution in [1.29, 1.82) is 0 Å². The molecular weight excluding hydrogens is 410 g/mol. The Morgan fingerprint density at radius 1 is 1.28 bits per heavy atom. The van der Waals surface area contributed by atoms with E-state index in [-0.39, 0.29) is 16.9 Å². The zero-order valence-corrected chi connectivity index (χ0v) is 17.5. The minimum Gasteiger partial charge on any atom is -0.377 e. The number of aromatic nitrogens is 1. The molecule has 0 saturated carbocycles. The minimum atomic E-state index is -3.63. The van der Waals surface area contributed by atoms with E-state index in [1.54, 1.807) is 12.6 Å². The molecule has 0 spiro atoms. The van der Waals surface area contributed by atoms with Gasteiger partial charge in [-0.25, -0.2) is 13.4 Å². The average molecular weight is 432 g/mol. The molecule has 1 aromatic heterocycles. The first kappa shape index (κ1) is 20.0. The van der Waals surface area contributed by atoms with Crippen molar-refractivity contribution in [2.45, 2.75) is 23.8 Å². The standard InChI is InChI=1S/C20H21N3O4S2/c1-23(12-16-3-2-10-27-16)29(25,26)17-7-4-14(5-8-17)20(24)22-15-6-9-19-18(11-15)21-13-28-19/h4-9,11,13,16H,2-3,10,12H2,1H3,(H,22,24). The molecule has 1 saturated heterocycles. The van der Waals surface area contributed by atoms with Crippen molar-refractivity contribution in [2.75, 3.05) is 25.5 Å². The van der Waals surface area contributed by atoms with Crippen molar-refractivity contribution in [3.05, 3.63) is 53.5 Å². The van der Waals surface area contributed by atoms with Crippen LogP contribution in [0.1, 0.15) is 23.2 Å². The Hall–Kier alpha value is -2.33. The van der Waals surface area contributed by atoms with Crippen molar-refractivity contribution in [3.8, 4) is 0 Å². The van der Waals surface area contributed by atoms with Crippen LogP contribution in [0.15, 0.2) is 52.9 Å². The number of anilines is 1. The fourth-order valence-corrected chi connectivity index (χ4v) is 5.13. The van der Waals surface area contributed by atoms with Crippen molar-refractivity contribution < 1.29 is 17.9 Å². The number of fused-ring (bicyclic) bond motifs is 1. The van der Waals surface area contributed by atoms with E-state index in [4.69, 9.17) is 4.74 Å². The van der Waals surface area contributed by atoms with Crippen LogP contribution in [0.2, 0.25) is 0 Å². The number of amides is 1. The zero-order valence-electron chi connectivity index (χ0n) is 15.9. The van der Waals surface area contributed by atoms with Crippen LogP contribution in [0.4, 0.5) is 5.69 Å². The number of ether oxygens (including phenoxy) is 1. The Kier molecular flexibility index (Phi) is 5.64. The van der Waals surface area contributed by atoms with Gasteiger partial charge >= 0.3 is 0 Å². The smallest absolute Gasteiger partial charge is 0.255 e. The van der Waals surface area contributed by atoms with Gasteiger partial charge in [0, 0.05) is 31.5 Å². The number of sulfonamides is 1. The summed E-state index contributed by atoms with van der Waals surface area (Å²) >= 11 is 1.53. The lowest BCUT2D eigenvalue weighted by molar-refractivity contribution is 0.0979. The second-order valence-electron chi connectivity index (χ2n) is 6.93. The highest BCUT2D eigenvalue weighted by Gasteiger charge is 2.26. The number of hydrogen-bond donors (Lipinski definition) is 1. The van der Waals surface area contributed by atoms with Crippen LogP contribution in [-0.4, -0.2) is 49.9 Å². The lowest BCUT2D eigenvalue weighted by atomic mass is 10.2. The van der Waals surface area contributed by atoms with E-state index in [0.717, 1.165) is 23.1 Å². The second kappa shape index (κ2) is 8.19. The van der Waals surface area contributed by atoms with Crippen LogP contribution in [0.25, 0.3) is 10.2 Å². The Morgan fingerprint density at radius 3 is 2.79 bits per heavy atom. The summed E-state index contributed by atoms with van der Waals surface area (Å²) in [6.07, 6.45) is 1.76. The molecule has 1 aliphatic heterocycles. The monoisotopic (exact) mass is 431 g/mol. The Balaban J connectivity index is 1.45. The number of rotatable bonds is 6. The summed E-state index contributed by atoms with van der Waals surface area (Å²) in [5.74, 6) is -0.309. The summed E-state index contributed by atoms with van der Waals surface area (Å²) < 4.78 is 33.4. The first-order chi connectivity index (χ1) is 13.9. The van der Waals surface area contributed by atoms with Gasteiger partial charge in [0.1, 0.15) is 0 Å². The third kappa shape index (κ3) is 4.32. The molecular formula is C20H21N3O4S2. The van der Waals surface area contributed by atoms with E-state index in [0.29, 0.717) is 24.4 Å². The number of benzene rings is 2. The van der Waals surface area contributed by atoms with Gasteiger partial charge in [0.15, 0.2) is 0 Å². The number of thiazole rings is 1. The van der Waals surface area contributed by atoms with Gasteiger partial charge in [-0.2, -0.15) is 4.31 Å². The normalized spacial score (nSPS) is 17.1. The van der Waals surface area contributed by atoms with Gasteiger partial charge in [-0.3, -0.25) is 4.79 Å². The van der Waals surface area contributed by atoms with Crippen LogP contribution in [0.3, 0.4) is 0 Å². The molecule has 29 heavy (non-hydrogen) atoms. The first-order valence-electron chi connectivity index (χ1n) is 9.26. The minimum absolute atomic E-state index is 0.0603. The summed E-state index contributed by atoms with van der Waals surface area (Å²) in [5.41, 5.74) is 3.60. The molecule has 4 rings (SSSR count). The molecule has 1 atom stereocenters. The van der Waals surface area contributed by atoms with Crippen molar-refractivity contribution in [3.63, 3.8) is 0 Å². The topological polar surface area (TPSA) is 88.6 Å².